The van der Waals surface area contributed by atoms with Gasteiger partial charge in [-0.25, -0.2) is 5.43 Å². The summed E-state index contributed by atoms with van der Waals surface area (Å²) >= 11 is 0. The van der Waals surface area contributed by atoms with E-state index in [0.29, 0.717) is 32.5 Å². The maximum absolute atomic E-state index is 14.0. The fourth-order valence-electron chi connectivity index (χ4n) is 9.02. The summed E-state index contributed by atoms with van der Waals surface area (Å²) in [6.07, 6.45) is 8.50. The van der Waals surface area contributed by atoms with Gasteiger partial charge in [-0.3, -0.25) is 34.0 Å². The molecule has 2 saturated heterocycles. The van der Waals surface area contributed by atoms with Crippen LogP contribution in [0.15, 0.2) is 73.4 Å². The number of esters is 1. The molecule has 2 N–H and O–H groups in total. The Bertz CT molecular complexity index is 2470. The lowest BCUT2D eigenvalue weighted by molar-refractivity contribution is -0.144. The van der Waals surface area contributed by atoms with Gasteiger partial charge in [-0.15, -0.1) is 5.92 Å². The minimum atomic E-state index is -0.863. The van der Waals surface area contributed by atoms with Gasteiger partial charge in [-0.05, 0) is 104 Å². The lowest BCUT2D eigenvalue weighted by Gasteiger charge is -2.33. The van der Waals surface area contributed by atoms with Gasteiger partial charge < -0.3 is 29.2 Å². The third-order valence-electron chi connectivity index (χ3n) is 12.5. The number of carbonyl (C=O) groups is 5. The molecular weight excluding hydrogens is 859 g/mol. The predicted octanol–water partition coefficient (Wildman–Crippen LogP) is 7.29. The fraction of sp³-hybridized carbons (Fsp3) is 0.481. The van der Waals surface area contributed by atoms with E-state index in [2.05, 4.69) is 77.9 Å². The Kier molecular flexibility index (Phi) is 19.1. The van der Waals surface area contributed by atoms with E-state index in [0.717, 1.165) is 88.9 Å². The first kappa shape index (κ1) is 52.7. The van der Waals surface area contributed by atoms with Gasteiger partial charge in [0.05, 0.1) is 30.6 Å². The van der Waals surface area contributed by atoms with Crippen LogP contribution in [0, 0.1) is 23.2 Å². The topological polar surface area (TPSA) is 155 Å². The lowest BCUT2D eigenvalue weighted by atomic mass is 9.84. The van der Waals surface area contributed by atoms with Crippen LogP contribution in [0.3, 0.4) is 0 Å². The van der Waals surface area contributed by atoms with E-state index in [1.54, 1.807) is 25.4 Å². The second kappa shape index (κ2) is 24.6. The molecule has 68 heavy (non-hydrogen) atoms. The third kappa shape index (κ3) is 13.4. The smallest absolute Gasteiger partial charge is 0.302 e. The predicted molar refractivity (Wildman–Crippen MR) is 267 cm³/mol. The van der Waals surface area contributed by atoms with Crippen LogP contribution < -0.4 is 10.7 Å². The number of likely N-dealkylation sites (tertiary alicyclic amines) is 1. The standard InChI is InChI=1S/C47H60N6O6.C7H11NO/c1-10-11-23-52-41-20-19-36(27-38(41)39(28-47(6,7)29-59-33(5)55)44(52)37-18-15-21-48-42(37)32(4)58-9)35-17-14-16-34(25-35)26-40(46(57)53-24-13-12-22-49-53)50-45(56)43(31(2)3)51(8)30-54;1-2-7(9)8-5-3-4-6-8/h14-21,25,27,30-32,40,43,49H,12-13,22-24,26,28-29H2,1-9H3,(H,50,56);2H,1,3-6H2. The zero-order chi connectivity index (χ0) is 49.5. The second-order valence-corrected chi connectivity index (χ2v) is 18.8. The molecule has 0 radical (unpaired) electrons. The summed E-state index contributed by atoms with van der Waals surface area (Å²) in [4.78, 5) is 70.2. The normalized spacial score (nSPS) is 15.0. The van der Waals surface area contributed by atoms with Crippen molar-refractivity contribution in [2.24, 2.45) is 11.3 Å². The molecule has 364 valence electrons. The highest BCUT2D eigenvalue weighted by atomic mass is 16.5. The SMILES string of the molecule is C=CC(=O)N1CCCC1.CC#CCn1c(-c2cccnc2C(C)OC)c(CC(C)(C)COC(C)=O)c2cc(-c3cccc(CC(NC(=O)C(C(C)C)N(C)C=O)C(=O)N4CCCCN4)c3)ccc21. The molecule has 14 nitrogen and oxygen atoms in total. The first-order valence-corrected chi connectivity index (χ1v) is 23.7. The van der Waals surface area contributed by atoms with Crippen molar-refractivity contribution in [3.8, 4) is 34.2 Å². The number of ether oxygens (including phenoxy) is 2. The number of pyridine rings is 1. The zero-order valence-electron chi connectivity index (χ0n) is 41.5. The summed E-state index contributed by atoms with van der Waals surface area (Å²) in [7, 11) is 3.26. The van der Waals surface area contributed by atoms with Crippen molar-refractivity contribution in [1.29, 1.82) is 0 Å². The number of rotatable bonds is 18. The average molecular weight is 930 g/mol. The summed E-state index contributed by atoms with van der Waals surface area (Å²) in [5.74, 6) is 5.36. The molecule has 0 bridgehead atoms. The number of benzene rings is 2. The first-order chi connectivity index (χ1) is 32.5. The van der Waals surface area contributed by atoms with Gasteiger partial charge >= 0.3 is 5.97 Å². The molecule has 3 atom stereocenters. The Labute approximate surface area is 402 Å². The van der Waals surface area contributed by atoms with Crippen molar-refractivity contribution in [2.45, 2.75) is 112 Å². The van der Waals surface area contributed by atoms with Crippen LogP contribution in [0.2, 0.25) is 0 Å². The molecule has 2 aliphatic heterocycles. The van der Waals surface area contributed by atoms with Crippen molar-refractivity contribution in [2.75, 3.05) is 46.9 Å². The highest BCUT2D eigenvalue weighted by molar-refractivity contribution is 5.96. The molecule has 0 aliphatic carbocycles. The monoisotopic (exact) mass is 930 g/mol. The number of hydrogen-bond donors (Lipinski definition) is 2. The van der Waals surface area contributed by atoms with Gasteiger partial charge in [0.1, 0.15) is 12.1 Å². The summed E-state index contributed by atoms with van der Waals surface area (Å²) < 4.78 is 13.6. The number of carbonyl (C=O) groups excluding carboxylic acids is 5. The highest BCUT2D eigenvalue weighted by Gasteiger charge is 2.33. The summed E-state index contributed by atoms with van der Waals surface area (Å²) in [6.45, 7) is 20.4. The molecular formula is C54H71N7O7. The summed E-state index contributed by atoms with van der Waals surface area (Å²) in [5.41, 5.74) is 10.4. The van der Waals surface area contributed by atoms with Gasteiger partial charge in [-0.2, -0.15) is 0 Å². The molecule has 14 heteroatoms. The Hall–Kier alpha value is -6.30. The number of methoxy groups -OCH3 is 1. The molecule has 2 aromatic carbocycles. The van der Waals surface area contributed by atoms with Gasteiger partial charge in [-0.1, -0.05) is 70.5 Å². The fourth-order valence-corrected chi connectivity index (χ4v) is 9.02. The maximum atomic E-state index is 14.0. The molecule has 2 fully saturated rings. The van der Waals surface area contributed by atoms with Crippen LogP contribution in [0.4, 0.5) is 0 Å². The maximum Gasteiger partial charge on any atom is 0.302 e. The lowest BCUT2D eigenvalue weighted by Crippen LogP contribution is -2.58. The Morgan fingerprint density at radius 1 is 1.00 bits per heavy atom. The van der Waals surface area contributed by atoms with E-state index in [1.165, 1.54) is 17.9 Å². The number of likely N-dealkylation sites (N-methyl/N-ethyl adjacent to an activating group) is 1. The number of nitrogens with one attached hydrogen (secondary N) is 2. The van der Waals surface area contributed by atoms with Crippen LogP contribution in [0.5, 0.6) is 0 Å². The van der Waals surface area contributed by atoms with Crippen LogP contribution >= 0.6 is 0 Å². The van der Waals surface area contributed by atoms with Gasteiger partial charge in [0.25, 0.3) is 5.91 Å². The van der Waals surface area contributed by atoms with E-state index in [4.69, 9.17) is 14.5 Å². The molecule has 2 aromatic heterocycles. The van der Waals surface area contributed by atoms with Crippen molar-refractivity contribution >= 4 is 41.0 Å². The summed E-state index contributed by atoms with van der Waals surface area (Å²) in [6, 6.07) is 16.9. The Morgan fingerprint density at radius 2 is 1.72 bits per heavy atom. The number of hydrazine groups is 1. The van der Waals surface area contributed by atoms with E-state index < -0.39 is 17.5 Å². The highest BCUT2D eigenvalue weighted by Crippen LogP contribution is 2.42. The van der Waals surface area contributed by atoms with Crippen molar-refractivity contribution in [3.63, 3.8) is 0 Å². The molecule has 6 rings (SSSR count). The zero-order valence-corrected chi connectivity index (χ0v) is 41.5. The van der Waals surface area contributed by atoms with Crippen LogP contribution in [-0.4, -0.2) is 113 Å². The average Bonchev–Trinajstić information content (AvgIpc) is 3.99. The van der Waals surface area contributed by atoms with Crippen molar-refractivity contribution in [3.05, 3.63) is 90.3 Å². The Morgan fingerprint density at radius 3 is 2.35 bits per heavy atom. The molecule has 0 spiro atoms. The van der Waals surface area contributed by atoms with Gasteiger partial charge in [0.2, 0.25) is 18.2 Å². The van der Waals surface area contributed by atoms with Crippen molar-refractivity contribution in [1.82, 2.24) is 35.1 Å². The van der Waals surface area contributed by atoms with E-state index >= 15 is 0 Å². The first-order valence-electron chi connectivity index (χ1n) is 23.7. The molecule has 4 heterocycles. The number of aromatic nitrogens is 2. The second-order valence-electron chi connectivity index (χ2n) is 18.8. The number of amides is 4. The van der Waals surface area contributed by atoms with E-state index in [-0.39, 0.29) is 48.7 Å². The van der Waals surface area contributed by atoms with E-state index in [1.807, 2.05) is 56.9 Å². The molecule has 3 unspecified atom stereocenters. The number of fused-ring (bicyclic) bond motifs is 1. The largest absolute Gasteiger partial charge is 0.465 e. The van der Waals surface area contributed by atoms with E-state index in [9.17, 15) is 24.0 Å². The van der Waals surface area contributed by atoms with Crippen LogP contribution in [0.25, 0.3) is 33.3 Å². The molecule has 4 aromatic rings. The van der Waals surface area contributed by atoms with Crippen molar-refractivity contribution < 1.29 is 33.4 Å². The number of hydrogen-bond acceptors (Lipinski definition) is 9. The van der Waals surface area contributed by atoms with Crippen LogP contribution in [-0.2, 0) is 52.8 Å². The van der Waals surface area contributed by atoms with Gasteiger partial charge in [0, 0.05) is 81.8 Å². The quantitative estimate of drug-likeness (QED) is 0.0453. The minimum absolute atomic E-state index is 0.0764. The summed E-state index contributed by atoms with van der Waals surface area (Å²) in [5, 5.41) is 5.66. The molecule has 0 saturated carbocycles. The minimum Gasteiger partial charge on any atom is -0.465 e. The third-order valence-corrected chi connectivity index (χ3v) is 12.5. The number of nitrogens with zero attached hydrogens (tertiary/aromatic N) is 5. The van der Waals surface area contributed by atoms with Crippen LogP contribution in [0.1, 0.15) is 97.1 Å². The Balaban J connectivity index is 0.000000858. The molecule has 2 aliphatic rings. The van der Waals surface area contributed by atoms with Gasteiger partial charge in [0.15, 0.2) is 0 Å². The molecule has 4 amide bonds.